The molecule has 16 heavy (non-hydrogen) atoms. The van der Waals surface area contributed by atoms with Crippen LogP contribution in [0.4, 0.5) is 0 Å². The molecule has 92 valence electrons. The molecule has 0 aromatic carbocycles. The van der Waals surface area contributed by atoms with Gasteiger partial charge in [0, 0.05) is 12.8 Å². The highest BCUT2D eigenvalue weighted by Gasteiger charge is 2.04. The SMILES string of the molecule is CCCCCCCCc1nc(CCN)no1. The maximum Gasteiger partial charge on any atom is 0.226 e. The van der Waals surface area contributed by atoms with Crippen LogP contribution in [0.15, 0.2) is 4.52 Å². The summed E-state index contributed by atoms with van der Waals surface area (Å²) in [6, 6.07) is 0. The monoisotopic (exact) mass is 225 g/mol. The molecule has 1 aromatic heterocycles. The van der Waals surface area contributed by atoms with Crippen LogP contribution in [-0.2, 0) is 12.8 Å². The van der Waals surface area contributed by atoms with E-state index in [-0.39, 0.29) is 0 Å². The molecular formula is C12H23N3O. The summed E-state index contributed by atoms with van der Waals surface area (Å²) in [5, 5.41) is 3.87. The van der Waals surface area contributed by atoms with Gasteiger partial charge in [0.25, 0.3) is 0 Å². The summed E-state index contributed by atoms with van der Waals surface area (Å²) in [5.41, 5.74) is 5.42. The molecular weight excluding hydrogens is 202 g/mol. The highest BCUT2D eigenvalue weighted by molar-refractivity contribution is 4.86. The molecule has 0 spiro atoms. The summed E-state index contributed by atoms with van der Waals surface area (Å²) in [6.45, 7) is 2.81. The Balaban J connectivity index is 2.07. The van der Waals surface area contributed by atoms with Gasteiger partial charge in [-0.05, 0) is 13.0 Å². The summed E-state index contributed by atoms with van der Waals surface area (Å²) in [7, 11) is 0. The van der Waals surface area contributed by atoms with E-state index in [1.165, 1.54) is 32.1 Å². The fraction of sp³-hybridized carbons (Fsp3) is 0.833. The van der Waals surface area contributed by atoms with E-state index in [0.29, 0.717) is 13.0 Å². The zero-order chi connectivity index (χ0) is 11.6. The molecule has 0 aliphatic carbocycles. The molecule has 0 aliphatic rings. The molecule has 4 heteroatoms. The zero-order valence-electron chi connectivity index (χ0n) is 10.2. The van der Waals surface area contributed by atoms with E-state index in [2.05, 4.69) is 17.1 Å². The van der Waals surface area contributed by atoms with Gasteiger partial charge in [-0.25, -0.2) is 0 Å². The number of aromatic nitrogens is 2. The molecule has 0 unspecified atom stereocenters. The Labute approximate surface area is 97.6 Å². The number of hydrogen-bond donors (Lipinski definition) is 1. The van der Waals surface area contributed by atoms with Crippen LogP contribution in [0.1, 0.15) is 57.2 Å². The van der Waals surface area contributed by atoms with Crippen molar-refractivity contribution in [3.8, 4) is 0 Å². The molecule has 0 saturated carbocycles. The minimum atomic E-state index is 0.579. The molecule has 2 N–H and O–H groups in total. The minimum absolute atomic E-state index is 0.579. The van der Waals surface area contributed by atoms with E-state index in [1.807, 2.05) is 0 Å². The van der Waals surface area contributed by atoms with Crippen molar-refractivity contribution in [3.05, 3.63) is 11.7 Å². The van der Waals surface area contributed by atoms with Crippen molar-refractivity contribution >= 4 is 0 Å². The van der Waals surface area contributed by atoms with E-state index in [0.717, 1.165) is 24.6 Å². The summed E-state index contributed by atoms with van der Waals surface area (Å²) >= 11 is 0. The van der Waals surface area contributed by atoms with E-state index in [4.69, 9.17) is 10.3 Å². The van der Waals surface area contributed by atoms with Gasteiger partial charge >= 0.3 is 0 Å². The first-order valence-corrected chi connectivity index (χ1v) is 6.38. The van der Waals surface area contributed by atoms with Crippen LogP contribution in [0.2, 0.25) is 0 Å². The highest BCUT2D eigenvalue weighted by atomic mass is 16.5. The minimum Gasteiger partial charge on any atom is -0.339 e. The van der Waals surface area contributed by atoms with Crippen molar-refractivity contribution in [2.45, 2.75) is 58.3 Å². The lowest BCUT2D eigenvalue weighted by Gasteiger charge is -1.97. The predicted octanol–water partition coefficient (Wildman–Crippen LogP) is 2.47. The van der Waals surface area contributed by atoms with Gasteiger partial charge in [-0.15, -0.1) is 0 Å². The lowest BCUT2D eigenvalue weighted by molar-refractivity contribution is 0.368. The van der Waals surface area contributed by atoms with Crippen LogP contribution < -0.4 is 5.73 Å². The van der Waals surface area contributed by atoms with Crippen molar-refractivity contribution in [2.75, 3.05) is 6.54 Å². The second-order valence-electron chi connectivity index (χ2n) is 4.16. The largest absolute Gasteiger partial charge is 0.339 e. The van der Waals surface area contributed by atoms with Crippen molar-refractivity contribution in [1.82, 2.24) is 10.1 Å². The van der Waals surface area contributed by atoms with E-state index < -0.39 is 0 Å². The number of nitrogens with two attached hydrogens (primary N) is 1. The first kappa shape index (κ1) is 13.2. The molecule has 0 bridgehead atoms. The molecule has 1 rings (SSSR count). The van der Waals surface area contributed by atoms with Gasteiger partial charge in [0.1, 0.15) is 0 Å². The zero-order valence-corrected chi connectivity index (χ0v) is 10.2. The molecule has 0 saturated heterocycles. The molecule has 1 heterocycles. The van der Waals surface area contributed by atoms with Crippen LogP contribution in [0.3, 0.4) is 0 Å². The fourth-order valence-corrected chi connectivity index (χ4v) is 1.68. The Morgan fingerprint density at radius 1 is 1.06 bits per heavy atom. The summed E-state index contributed by atoms with van der Waals surface area (Å²) in [4.78, 5) is 4.28. The average Bonchev–Trinajstić information content (AvgIpc) is 2.72. The molecule has 0 atom stereocenters. The van der Waals surface area contributed by atoms with Crippen LogP contribution >= 0.6 is 0 Å². The Bertz CT molecular complexity index is 273. The maximum atomic E-state index is 5.42. The number of hydrogen-bond acceptors (Lipinski definition) is 4. The molecule has 4 nitrogen and oxygen atoms in total. The van der Waals surface area contributed by atoms with Gasteiger partial charge in [-0.2, -0.15) is 4.98 Å². The number of aryl methyl sites for hydroxylation is 1. The standard InChI is InChI=1S/C12H23N3O/c1-2-3-4-5-6-7-8-12-14-11(9-10-13)15-16-12/h2-10,13H2,1H3. The second kappa shape index (κ2) is 8.28. The second-order valence-corrected chi connectivity index (χ2v) is 4.16. The molecule has 0 radical (unpaired) electrons. The summed E-state index contributed by atoms with van der Waals surface area (Å²) < 4.78 is 5.13. The van der Waals surface area contributed by atoms with Crippen molar-refractivity contribution in [1.29, 1.82) is 0 Å². The van der Waals surface area contributed by atoms with E-state index in [9.17, 15) is 0 Å². The third kappa shape index (κ3) is 5.26. The van der Waals surface area contributed by atoms with E-state index >= 15 is 0 Å². The lowest BCUT2D eigenvalue weighted by Crippen LogP contribution is -2.03. The third-order valence-electron chi connectivity index (χ3n) is 2.62. The van der Waals surface area contributed by atoms with E-state index in [1.54, 1.807) is 0 Å². The topological polar surface area (TPSA) is 64.9 Å². The van der Waals surface area contributed by atoms with Gasteiger partial charge < -0.3 is 10.3 Å². The highest BCUT2D eigenvalue weighted by Crippen LogP contribution is 2.08. The smallest absolute Gasteiger partial charge is 0.226 e. The lowest BCUT2D eigenvalue weighted by atomic mass is 10.1. The average molecular weight is 225 g/mol. The number of rotatable bonds is 9. The van der Waals surface area contributed by atoms with Gasteiger partial charge in [0.05, 0.1) is 0 Å². The first-order chi connectivity index (χ1) is 7.86. The quantitative estimate of drug-likeness (QED) is 0.656. The Morgan fingerprint density at radius 2 is 1.81 bits per heavy atom. The Hall–Kier alpha value is -0.900. The Morgan fingerprint density at radius 3 is 2.56 bits per heavy atom. The van der Waals surface area contributed by atoms with Crippen LogP contribution in [0.5, 0.6) is 0 Å². The van der Waals surface area contributed by atoms with Gasteiger partial charge in [-0.1, -0.05) is 44.2 Å². The maximum absolute atomic E-state index is 5.42. The molecule has 0 aliphatic heterocycles. The first-order valence-electron chi connectivity index (χ1n) is 6.38. The van der Waals surface area contributed by atoms with Gasteiger partial charge in [0.15, 0.2) is 5.82 Å². The number of nitrogens with zero attached hydrogens (tertiary/aromatic N) is 2. The van der Waals surface area contributed by atoms with Crippen LogP contribution in [0, 0.1) is 0 Å². The van der Waals surface area contributed by atoms with Crippen molar-refractivity contribution in [2.24, 2.45) is 5.73 Å². The normalized spacial score (nSPS) is 10.9. The number of unbranched alkanes of at least 4 members (excludes halogenated alkanes) is 5. The summed E-state index contributed by atoms with van der Waals surface area (Å²) in [5.74, 6) is 1.50. The van der Waals surface area contributed by atoms with Gasteiger partial charge in [-0.3, -0.25) is 0 Å². The van der Waals surface area contributed by atoms with Crippen molar-refractivity contribution < 1.29 is 4.52 Å². The molecule has 0 amide bonds. The van der Waals surface area contributed by atoms with Crippen LogP contribution in [0.25, 0.3) is 0 Å². The fourth-order valence-electron chi connectivity index (χ4n) is 1.68. The molecule has 0 fully saturated rings. The predicted molar refractivity (Wildman–Crippen MR) is 64.1 cm³/mol. The van der Waals surface area contributed by atoms with Crippen LogP contribution in [-0.4, -0.2) is 16.7 Å². The van der Waals surface area contributed by atoms with Gasteiger partial charge in [0.2, 0.25) is 5.89 Å². The molecule has 1 aromatic rings. The summed E-state index contributed by atoms with van der Waals surface area (Å²) in [6.07, 6.45) is 9.33. The van der Waals surface area contributed by atoms with Crippen molar-refractivity contribution in [3.63, 3.8) is 0 Å². The third-order valence-corrected chi connectivity index (χ3v) is 2.62. The Kier molecular flexibility index (Phi) is 6.81.